The molecule has 0 bridgehead atoms. The summed E-state index contributed by atoms with van der Waals surface area (Å²) in [6.45, 7) is 3.27. The first-order valence-electron chi connectivity index (χ1n) is 12.4. The van der Waals surface area contributed by atoms with Crippen LogP contribution in [0.2, 0.25) is 0 Å². The molecule has 3 heterocycles. The average molecular weight is 538 g/mol. The molecule has 1 fully saturated rings. The van der Waals surface area contributed by atoms with Gasteiger partial charge in [-0.05, 0) is 80.1 Å². The summed E-state index contributed by atoms with van der Waals surface area (Å²) in [5.41, 5.74) is 4.82. The Morgan fingerprint density at radius 1 is 1.03 bits per heavy atom. The van der Waals surface area contributed by atoms with E-state index in [1.54, 1.807) is 22.1 Å². The van der Waals surface area contributed by atoms with E-state index < -0.39 is 10.0 Å². The van der Waals surface area contributed by atoms with E-state index >= 15 is 0 Å². The predicted molar refractivity (Wildman–Crippen MR) is 142 cm³/mol. The Balaban J connectivity index is 1.24. The zero-order chi connectivity index (χ0) is 25.6. The van der Waals surface area contributed by atoms with Gasteiger partial charge in [-0.3, -0.25) is 4.79 Å². The Kier molecular flexibility index (Phi) is 6.31. The molecule has 192 valence electrons. The molecule has 11 heteroatoms. The van der Waals surface area contributed by atoms with Crippen LogP contribution in [0.4, 0.5) is 5.82 Å². The summed E-state index contributed by atoms with van der Waals surface area (Å²) < 4.78 is 35.2. The van der Waals surface area contributed by atoms with Gasteiger partial charge in [0.15, 0.2) is 0 Å². The molecule has 9 nitrogen and oxygen atoms in total. The van der Waals surface area contributed by atoms with Crippen molar-refractivity contribution in [2.75, 3.05) is 31.6 Å². The fraction of sp³-hybridized carbons (Fsp3) is 0.346. The summed E-state index contributed by atoms with van der Waals surface area (Å²) in [5.74, 6) is 0.157. The number of anilines is 1. The highest BCUT2D eigenvalue weighted by Gasteiger charge is 2.26. The Bertz CT molecular complexity index is 1540. The first kappa shape index (κ1) is 24.2. The summed E-state index contributed by atoms with van der Waals surface area (Å²) in [6.07, 6.45) is 4.63. The van der Waals surface area contributed by atoms with Crippen LogP contribution in [0, 0.1) is 6.92 Å². The van der Waals surface area contributed by atoms with Gasteiger partial charge < -0.3 is 10.1 Å². The number of carbonyl (C=O) groups excluding carboxylic acids is 1. The molecule has 6 rings (SSSR count). The van der Waals surface area contributed by atoms with Gasteiger partial charge in [-0.25, -0.2) is 13.4 Å². The molecular formula is C26H27N5O4S2. The molecule has 37 heavy (non-hydrogen) atoms. The van der Waals surface area contributed by atoms with E-state index in [0.717, 1.165) is 28.8 Å². The number of fused-ring (bicyclic) bond motifs is 2. The molecular weight excluding hydrogens is 510 g/mol. The van der Waals surface area contributed by atoms with Gasteiger partial charge in [0.05, 0.1) is 34.0 Å². The lowest BCUT2D eigenvalue weighted by Crippen LogP contribution is -2.40. The second-order valence-corrected chi connectivity index (χ2v) is 12.3. The number of thiazole rings is 1. The maximum Gasteiger partial charge on any atom is 0.256 e. The van der Waals surface area contributed by atoms with Crippen molar-refractivity contribution in [3.8, 4) is 5.13 Å². The van der Waals surface area contributed by atoms with E-state index in [1.807, 2.05) is 6.92 Å². The van der Waals surface area contributed by atoms with Gasteiger partial charge in [-0.15, -0.1) is 0 Å². The molecule has 0 radical (unpaired) electrons. The first-order chi connectivity index (χ1) is 17.9. The van der Waals surface area contributed by atoms with Gasteiger partial charge in [0, 0.05) is 24.7 Å². The zero-order valence-electron chi connectivity index (χ0n) is 20.4. The fourth-order valence-electron chi connectivity index (χ4n) is 4.87. The summed E-state index contributed by atoms with van der Waals surface area (Å²) in [7, 11) is -3.62. The second-order valence-electron chi connectivity index (χ2n) is 9.37. The molecule has 1 aliphatic carbocycles. The molecule has 1 saturated heterocycles. The van der Waals surface area contributed by atoms with E-state index in [2.05, 4.69) is 22.5 Å². The topological polar surface area (TPSA) is 106 Å². The molecule has 0 atom stereocenters. The van der Waals surface area contributed by atoms with Crippen LogP contribution < -0.4 is 5.32 Å². The lowest BCUT2D eigenvalue weighted by molar-refractivity contribution is 0.0730. The van der Waals surface area contributed by atoms with Crippen molar-refractivity contribution in [1.29, 1.82) is 0 Å². The first-order valence-corrected chi connectivity index (χ1v) is 14.6. The molecule has 4 aromatic rings. The van der Waals surface area contributed by atoms with Crippen molar-refractivity contribution >= 4 is 43.3 Å². The van der Waals surface area contributed by atoms with Crippen LogP contribution >= 0.6 is 11.3 Å². The third-order valence-corrected chi connectivity index (χ3v) is 9.73. The van der Waals surface area contributed by atoms with E-state index in [0.29, 0.717) is 42.8 Å². The quantitative estimate of drug-likeness (QED) is 0.413. The molecule has 1 aliphatic heterocycles. The number of aryl methyl sites for hydroxylation is 3. The highest BCUT2D eigenvalue weighted by molar-refractivity contribution is 7.89. The maximum atomic E-state index is 13.1. The van der Waals surface area contributed by atoms with Crippen LogP contribution in [0.25, 0.3) is 15.3 Å². The number of carbonyl (C=O) groups is 1. The average Bonchev–Trinajstić information content (AvgIpc) is 3.49. The minimum Gasteiger partial charge on any atom is -0.379 e. The van der Waals surface area contributed by atoms with Gasteiger partial charge in [-0.1, -0.05) is 11.3 Å². The molecule has 2 aromatic carbocycles. The molecule has 2 aromatic heterocycles. The predicted octanol–water partition coefficient (Wildman–Crippen LogP) is 3.94. The molecule has 2 aliphatic rings. The summed E-state index contributed by atoms with van der Waals surface area (Å²) in [6, 6.07) is 12.2. The maximum absolute atomic E-state index is 13.1. The number of hydrogen-bond acceptors (Lipinski definition) is 7. The van der Waals surface area contributed by atoms with Crippen LogP contribution in [-0.4, -0.2) is 59.7 Å². The summed E-state index contributed by atoms with van der Waals surface area (Å²) in [4.78, 5) is 18.0. The van der Waals surface area contributed by atoms with Crippen LogP contribution in [0.1, 0.15) is 40.0 Å². The van der Waals surface area contributed by atoms with E-state index in [9.17, 15) is 13.2 Å². The number of aromatic nitrogens is 3. The number of nitrogens with zero attached hydrogens (tertiary/aromatic N) is 4. The van der Waals surface area contributed by atoms with Gasteiger partial charge in [0.1, 0.15) is 5.82 Å². The standard InChI is InChI=1S/C26H27N5O4S2/c1-17-14-24(31(29-17)26-27-22-15-19-4-2-3-5-20(19)16-23(22)36-26)28-25(32)18-6-8-21(9-7-18)37(33,34)30-10-12-35-13-11-30/h6-9,14-16H,2-5,10-13H2,1H3,(H,28,32). The number of amides is 1. The number of nitrogens with one attached hydrogen (secondary N) is 1. The third-order valence-electron chi connectivity index (χ3n) is 6.82. The number of ether oxygens (including phenoxy) is 1. The van der Waals surface area contributed by atoms with Crippen LogP contribution in [0.3, 0.4) is 0 Å². The smallest absolute Gasteiger partial charge is 0.256 e. The van der Waals surface area contributed by atoms with Crippen LogP contribution in [-0.2, 0) is 27.6 Å². The molecule has 0 spiro atoms. The van der Waals surface area contributed by atoms with Crippen molar-refractivity contribution in [2.45, 2.75) is 37.5 Å². The molecule has 0 unspecified atom stereocenters. The third kappa shape index (κ3) is 4.68. The SMILES string of the molecule is Cc1cc(NC(=O)c2ccc(S(=O)(=O)N3CCOCC3)cc2)n(-c2nc3cc4c(cc3s2)CCCC4)n1. The van der Waals surface area contributed by atoms with Gasteiger partial charge in [-0.2, -0.15) is 14.1 Å². The zero-order valence-corrected chi connectivity index (χ0v) is 22.1. The molecule has 1 amide bonds. The number of morpholine rings is 1. The van der Waals surface area contributed by atoms with Crippen molar-refractivity contribution in [3.05, 3.63) is 64.8 Å². The van der Waals surface area contributed by atoms with E-state index in [-0.39, 0.29) is 10.8 Å². The minimum atomic E-state index is -3.62. The number of rotatable bonds is 5. The number of hydrogen-bond donors (Lipinski definition) is 1. The Hall–Kier alpha value is -3.12. The number of benzene rings is 2. The summed E-state index contributed by atoms with van der Waals surface area (Å²) >= 11 is 1.55. The van der Waals surface area contributed by atoms with Gasteiger partial charge >= 0.3 is 0 Å². The second kappa shape index (κ2) is 9.64. The molecule has 0 saturated carbocycles. The minimum absolute atomic E-state index is 0.156. The van der Waals surface area contributed by atoms with Crippen molar-refractivity contribution in [2.24, 2.45) is 0 Å². The Morgan fingerprint density at radius 2 is 1.73 bits per heavy atom. The highest BCUT2D eigenvalue weighted by Crippen LogP contribution is 2.32. The Labute approximate surface area is 219 Å². The van der Waals surface area contributed by atoms with Crippen molar-refractivity contribution in [1.82, 2.24) is 19.1 Å². The van der Waals surface area contributed by atoms with Crippen molar-refractivity contribution in [3.63, 3.8) is 0 Å². The number of sulfonamides is 1. The van der Waals surface area contributed by atoms with E-state index in [1.165, 1.54) is 52.5 Å². The summed E-state index contributed by atoms with van der Waals surface area (Å²) in [5, 5.41) is 8.18. The van der Waals surface area contributed by atoms with E-state index in [4.69, 9.17) is 9.72 Å². The largest absolute Gasteiger partial charge is 0.379 e. The fourth-order valence-corrected chi connectivity index (χ4v) is 7.26. The van der Waals surface area contributed by atoms with Crippen LogP contribution in [0.5, 0.6) is 0 Å². The normalized spacial score (nSPS) is 16.6. The van der Waals surface area contributed by atoms with Crippen LogP contribution in [0.15, 0.2) is 47.4 Å². The lowest BCUT2D eigenvalue weighted by atomic mass is 9.92. The monoisotopic (exact) mass is 537 g/mol. The highest BCUT2D eigenvalue weighted by atomic mass is 32.2. The van der Waals surface area contributed by atoms with Gasteiger partial charge in [0.2, 0.25) is 15.2 Å². The Morgan fingerprint density at radius 3 is 2.46 bits per heavy atom. The van der Waals surface area contributed by atoms with Crippen molar-refractivity contribution < 1.29 is 17.9 Å². The molecule has 1 N–H and O–H groups in total. The lowest BCUT2D eigenvalue weighted by Gasteiger charge is -2.26. The van der Waals surface area contributed by atoms with Gasteiger partial charge in [0.25, 0.3) is 5.91 Å².